The quantitative estimate of drug-likeness (QED) is 0.793. The summed E-state index contributed by atoms with van der Waals surface area (Å²) in [4.78, 5) is 14.6. The molecule has 0 aliphatic rings. The lowest BCUT2D eigenvalue weighted by Crippen LogP contribution is -2.47. The van der Waals surface area contributed by atoms with Crippen LogP contribution in [0.1, 0.15) is 30.8 Å². The number of carbonyl (C=O) groups excluding carboxylic acids is 1. The van der Waals surface area contributed by atoms with Gasteiger partial charge in [-0.05, 0) is 51.7 Å². The minimum absolute atomic E-state index is 0.00711. The molecule has 102 valence electrons. The Morgan fingerprint density at radius 3 is 2.63 bits per heavy atom. The third-order valence-corrected chi connectivity index (χ3v) is 4.10. The molecule has 0 aliphatic carbocycles. The summed E-state index contributed by atoms with van der Waals surface area (Å²) in [7, 11) is 3.81. The summed E-state index contributed by atoms with van der Waals surface area (Å²) in [6, 6.07) is 7.11. The smallest absolute Gasteiger partial charge is 0.217 e. The van der Waals surface area contributed by atoms with Crippen LogP contribution in [0.2, 0.25) is 5.02 Å². The van der Waals surface area contributed by atoms with E-state index in [4.69, 9.17) is 16.0 Å². The minimum atomic E-state index is -0.558. The molecule has 2 rings (SSSR count). The molecule has 1 aromatic carbocycles. The van der Waals surface area contributed by atoms with Crippen molar-refractivity contribution in [3.8, 4) is 0 Å². The second-order valence-corrected chi connectivity index (χ2v) is 5.58. The molecule has 0 saturated carbocycles. The van der Waals surface area contributed by atoms with Gasteiger partial charge in [-0.25, -0.2) is 0 Å². The fourth-order valence-electron chi connectivity index (χ4n) is 2.07. The highest BCUT2D eigenvalue weighted by Gasteiger charge is 2.36. The first kappa shape index (κ1) is 14.1. The number of nitrogens with zero attached hydrogens (tertiary/aromatic N) is 1. The summed E-state index contributed by atoms with van der Waals surface area (Å²) in [5.74, 6) is 0.377. The monoisotopic (exact) mass is 279 g/mol. The second-order valence-electron chi connectivity index (χ2n) is 5.14. The Morgan fingerprint density at radius 1 is 1.37 bits per heavy atom. The second kappa shape index (κ2) is 4.99. The summed E-state index contributed by atoms with van der Waals surface area (Å²) in [5.41, 5.74) is 0.127. The third kappa shape index (κ3) is 2.40. The standard InChI is InChI=1S/C15H18ClNO2/c1-5-15(2,17(3)4)14(18)13-9-10-8-11(16)6-7-12(10)19-13/h6-9H,5H2,1-4H3. The topological polar surface area (TPSA) is 33.5 Å². The largest absolute Gasteiger partial charge is 0.453 e. The van der Waals surface area contributed by atoms with Crippen LogP contribution in [0.3, 0.4) is 0 Å². The molecule has 0 N–H and O–H groups in total. The molecule has 1 atom stereocenters. The van der Waals surface area contributed by atoms with Crippen molar-refractivity contribution in [3.63, 3.8) is 0 Å². The Hall–Kier alpha value is -1.32. The van der Waals surface area contributed by atoms with Crippen LogP contribution in [0, 0.1) is 0 Å². The van der Waals surface area contributed by atoms with Crippen LogP contribution in [0.4, 0.5) is 0 Å². The van der Waals surface area contributed by atoms with Crippen molar-refractivity contribution in [1.29, 1.82) is 0 Å². The normalized spacial score (nSPS) is 14.8. The number of rotatable bonds is 4. The fourth-order valence-corrected chi connectivity index (χ4v) is 2.25. The maximum atomic E-state index is 12.6. The van der Waals surface area contributed by atoms with E-state index in [9.17, 15) is 4.79 Å². The summed E-state index contributed by atoms with van der Waals surface area (Å²) < 4.78 is 5.65. The molecule has 0 spiro atoms. The van der Waals surface area contributed by atoms with Crippen LogP contribution in [-0.4, -0.2) is 30.3 Å². The van der Waals surface area contributed by atoms with Gasteiger partial charge in [-0.2, -0.15) is 0 Å². The summed E-state index contributed by atoms with van der Waals surface area (Å²) in [5, 5.41) is 1.49. The average Bonchev–Trinajstić information content (AvgIpc) is 2.79. The number of benzene rings is 1. The maximum absolute atomic E-state index is 12.6. The van der Waals surface area contributed by atoms with E-state index >= 15 is 0 Å². The molecule has 2 aromatic rings. The molecule has 4 heteroatoms. The molecule has 0 radical (unpaired) electrons. The predicted octanol–water partition coefficient (Wildman–Crippen LogP) is 4.00. The molecule has 1 unspecified atom stereocenters. The van der Waals surface area contributed by atoms with E-state index < -0.39 is 5.54 Å². The van der Waals surface area contributed by atoms with Crippen LogP contribution in [-0.2, 0) is 0 Å². The Kier molecular flexibility index (Phi) is 3.70. The van der Waals surface area contributed by atoms with E-state index in [1.54, 1.807) is 24.3 Å². The van der Waals surface area contributed by atoms with Gasteiger partial charge in [0.05, 0.1) is 5.54 Å². The highest BCUT2D eigenvalue weighted by Crippen LogP contribution is 2.28. The number of halogens is 1. The van der Waals surface area contributed by atoms with Crippen LogP contribution in [0.15, 0.2) is 28.7 Å². The fraction of sp³-hybridized carbons (Fsp3) is 0.400. The van der Waals surface area contributed by atoms with Gasteiger partial charge in [-0.15, -0.1) is 0 Å². The van der Waals surface area contributed by atoms with Crippen molar-refractivity contribution >= 4 is 28.4 Å². The lowest BCUT2D eigenvalue weighted by atomic mass is 9.90. The first-order chi connectivity index (χ1) is 8.88. The number of Topliss-reactive ketones (excluding diaryl/α,β-unsaturated/α-hetero) is 1. The van der Waals surface area contributed by atoms with Gasteiger partial charge in [0.25, 0.3) is 0 Å². The van der Waals surface area contributed by atoms with Crippen molar-refractivity contribution in [1.82, 2.24) is 4.90 Å². The van der Waals surface area contributed by atoms with Crippen LogP contribution in [0.25, 0.3) is 11.0 Å². The van der Waals surface area contributed by atoms with Crippen LogP contribution < -0.4 is 0 Å². The van der Waals surface area contributed by atoms with E-state index in [-0.39, 0.29) is 5.78 Å². The van der Waals surface area contributed by atoms with Gasteiger partial charge in [-0.3, -0.25) is 9.69 Å². The Balaban J connectivity index is 2.47. The molecule has 1 heterocycles. The summed E-state index contributed by atoms with van der Waals surface area (Å²) in [6.45, 7) is 3.92. The molecule has 0 bridgehead atoms. The van der Waals surface area contributed by atoms with Gasteiger partial charge in [-0.1, -0.05) is 18.5 Å². The number of likely N-dealkylation sites (N-methyl/N-ethyl adjacent to an activating group) is 1. The van der Waals surface area contributed by atoms with Gasteiger partial charge in [0.1, 0.15) is 5.58 Å². The molecular weight excluding hydrogens is 262 g/mol. The average molecular weight is 280 g/mol. The number of furan rings is 1. The van der Waals surface area contributed by atoms with E-state index in [0.29, 0.717) is 16.4 Å². The van der Waals surface area contributed by atoms with E-state index in [0.717, 1.165) is 11.8 Å². The van der Waals surface area contributed by atoms with Gasteiger partial charge >= 0.3 is 0 Å². The zero-order chi connectivity index (χ0) is 14.2. The molecular formula is C15H18ClNO2. The van der Waals surface area contributed by atoms with Gasteiger partial charge in [0.2, 0.25) is 5.78 Å². The number of ketones is 1. The van der Waals surface area contributed by atoms with Crippen molar-refractivity contribution in [2.75, 3.05) is 14.1 Å². The van der Waals surface area contributed by atoms with Crippen LogP contribution >= 0.6 is 11.6 Å². The molecule has 0 fully saturated rings. The Bertz CT molecular complexity index is 618. The van der Waals surface area contributed by atoms with E-state index in [2.05, 4.69) is 0 Å². The lowest BCUT2D eigenvalue weighted by Gasteiger charge is -2.33. The Labute approximate surface area is 118 Å². The lowest BCUT2D eigenvalue weighted by molar-refractivity contribution is 0.0682. The van der Waals surface area contributed by atoms with Gasteiger partial charge in [0, 0.05) is 10.4 Å². The first-order valence-corrected chi connectivity index (χ1v) is 6.67. The van der Waals surface area contributed by atoms with E-state index in [1.807, 2.05) is 32.8 Å². The molecule has 0 amide bonds. The molecule has 19 heavy (non-hydrogen) atoms. The SMILES string of the molecule is CCC(C)(C(=O)c1cc2cc(Cl)ccc2o1)N(C)C. The number of fused-ring (bicyclic) bond motifs is 1. The molecule has 3 nitrogen and oxygen atoms in total. The summed E-state index contributed by atoms with van der Waals surface area (Å²) in [6.07, 6.45) is 0.719. The van der Waals surface area contributed by atoms with Gasteiger partial charge < -0.3 is 4.42 Å². The van der Waals surface area contributed by atoms with E-state index in [1.165, 1.54) is 0 Å². The number of carbonyl (C=O) groups is 1. The Morgan fingerprint density at radius 2 is 2.05 bits per heavy atom. The van der Waals surface area contributed by atoms with Crippen molar-refractivity contribution in [3.05, 3.63) is 35.0 Å². The minimum Gasteiger partial charge on any atom is -0.453 e. The van der Waals surface area contributed by atoms with Gasteiger partial charge in [0.15, 0.2) is 5.76 Å². The molecule has 0 aliphatic heterocycles. The first-order valence-electron chi connectivity index (χ1n) is 6.30. The third-order valence-electron chi connectivity index (χ3n) is 3.87. The van der Waals surface area contributed by atoms with Crippen LogP contribution in [0.5, 0.6) is 0 Å². The van der Waals surface area contributed by atoms with Crippen molar-refractivity contribution < 1.29 is 9.21 Å². The molecule has 0 saturated heterocycles. The predicted molar refractivity (Wildman–Crippen MR) is 77.9 cm³/mol. The zero-order valence-electron chi connectivity index (χ0n) is 11.7. The van der Waals surface area contributed by atoms with Crippen molar-refractivity contribution in [2.45, 2.75) is 25.8 Å². The zero-order valence-corrected chi connectivity index (χ0v) is 12.4. The highest BCUT2D eigenvalue weighted by molar-refractivity contribution is 6.31. The molecule has 1 aromatic heterocycles. The summed E-state index contributed by atoms with van der Waals surface area (Å²) >= 11 is 5.94. The highest BCUT2D eigenvalue weighted by atomic mass is 35.5. The number of hydrogen-bond donors (Lipinski definition) is 0. The maximum Gasteiger partial charge on any atom is 0.217 e. The number of hydrogen-bond acceptors (Lipinski definition) is 3. The van der Waals surface area contributed by atoms with Crippen molar-refractivity contribution in [2.24, 2.45) is 0 Å².